The molecule has 0 spiro atoms. The fraction of sp³-hybridized carbons (Fsp3) is 0.559. The lowest BCUT2D eigenvalue weighted by molar-refractivity contribution is -0.154. The summed E-state index contributed by atoms with van der Waals surface area (Å²) >= 11 is 0. The van der Waals surface area contributed by atoms with E-state index in [0.717, 1.165) is 64.2 Å². The SMILES string of the molecule is CC/C=C\C/C=C\C/C=C\C/C=C\C/C=C\C/C=C\C/C=C\CCCCCCOCC(CO)OC(=O)CC. The molecule has 0 amide bonds. The molecule has 0 saturated carbocycles. The first kappa shape index (κ1) is 35.6. The summed E-state index contributed by atoms with van der Waals surface area (Å²) in [6.07, 6.45) is 43.7. The second kappa shape index (κ2) is 30.8. The van der Waals surface area contributed by atoms with E-state index in [1.54, 1.807) is 6.92 Å². The van der Waals surface area contributed by atoms with Crippen LogP contribution < -0.4 is 0 Å². The highest BCUT2D eigenvalue weighted by atomic mass is 16.6. The molecule has 38 heavy (non-hydrogen) atoms. The Bertz CT molecular complexity index is 725. The van der Waals surface area contributed by atoms with Crippen LogP contribution in [0.5, 0.6) is 0 Å². The Kier molecular flexibility index (Phi) is 28.8. The summed E-state index contributed by atoms with van der Waals surface area (Å²) in [6.45, 7) is 4.60. The normalized spacial score (nSPS) is 13.7. The maximum absolute atomic E-state index is 11.2. The second-order valence-corrected chi connectivity index (χ2v) is 9.05. The van der Waals surface area contributed by atoms with Crippen molar-refractivity contribution in [1.82, 2.24) is 0 Å². The molecule has 4 heteroatoms. The van der Waals surface area contributed by atoms with E-state index in [4.69, 9.17) is 9.47 Å². The van der Waals surface area contributed by atoms with Crippen LogP contribution in [-0.4, -0.2) is 37.0 Å². The maximum atomic E-state index is 11.2. The molecule has 0 aliphatic heterocycles. The number of allylic oxidation sites excluding steroid dienone is 14. The summed E-state index contributed by atoms with van der Waals surface area (Å²) in [5, 5.41) is 9.19. The number of aliphatic hydroxyl groups excluding tert-OH is 1. The van der Waals surface area contributed by atoms with E-state index < -0.39 is 6.10 Å². The van der Waals surface area contributed by atoms with Crippen LogP contribution in [-0.2, 0) is 14.3 Å². The number of hydrogen-bond acceptors (Lipinski definition) is 4. The maximum Gasteiger partial charge on any atom is 0.305 e. The third-order valence-corrected chi connectivity index (χ3v) is 5.54. The summed E-state index contributed by atoms with van der Waals surface area (Å²) in [5.74, 6) is -0.304. The minimum absolute atomic E-state index is 0.198. The van der Waals surface area contributed by atoms with E-state index in [2.05, 4.69) is 92.0 Å². The molecular weight excluding hydrogens is 472 g/mol. The second-order valence-electron chi connectivity index (χ2n) is 9.05. The Labute approximate surface area is 233 Å². The van der Waals surface area contributed by atoms with Gasteiger partial charge >= 0.3 is 5.97 Å². The monoisotopic (exact) mass is 526 g/mol. The lowest BCUT2D eigenvalue weighted by Crippen LogP contribution is -2.27. The number of hydrogen-bond donors (Lipinski definition) is 1. The predicted molar refractivity (Wildman–Crippen MR) is 163 cm³/mol. The van der Waals surface area contributed by atoms with Gasteiger partial charge in [0.05, 0.1) is 13.2 Å². The number of ether oxygens (including phenoxy) is 2. The molecule has 1 atom stereocenters. The fourth-order valence-electron chi connectivity index (χ4n) is 3.34. The van der Waals surface area contributed by atoms with Crippen molar-refractivity contribution in [2.45, 2.75) is 103 Å². The van der Waals surface area contributed by atoms with Crippen molar-refractivity contribution in [3.8, 4) is 0 Å². The largest absolute Gasteiger partial charge is 0.457 e. The third kappa shape index (κ3) is 28.1. The number of esters is 1. The van der Waals surface area contributed by atoms with E-state index in [9.17, 15) is 9.90 Å². The smallest absolute Gasteiger partial charge is 0.305 e. The Morgan fingerprint density at radius 2 is 1.08 bits per heavy atom. The summed E-state index contributed by atoms with van der Waals surface area (Å²) in [6, 6.07) is 0. The van der Waals surface area contributed by atoms with E-state index in [1.165, 1.54) is 12.8 Å². The Balaban J connectivity index is 3.52. The van der Waals surface area contributed by atoms with Crippen LogP contribution >= 0.6 is 0 Å². The quantitative estimate of drug-likeness (QED) is 0.0733. The summed E-state index contributed by atoms with van der Waals surface area (Å²) in [4.78, 5) is 11.2. The molecule has 0 heterocycles. The van der Waals surface area contributed by atoms with Gasteiger partial charge in [-0.05, 0) is 64.2 Å². The van der Waals surface area contributed by atoms with Crippen LogP contribution in [0.15, 0.2) is 85.1 Å². The van der Waals surface area contributed by atoms with Gasteiger partial charge in [0.2, 0.25) is 0 Å². The number of carbonyl (C=O) groups excluding carboxylic acids is 1. The van der Waals surface area contributed by atoms with Gasteiger partial charge < -0.3 is 14.6 Å². The van der Waals surface area contributed by atoms with Crippen molar-refractivity contribution in [2.24, 2.45) is 0 Å². The number of aliphatic hydroxyl groups is 1. The van der Waals surface area contributed by atoms with Crippen LogP contribution in [0.4, 0.5) is 0 Å². The molecule has 0 saturated heterocycles. The van der Waals surface area contributed by atoms with Crippen molar-refractivity contribution < 1.29 is 19.4 Å². The highest BCUT2D eigenvalue weighted by molar-refractivity contribution is 5.69. The van der Waals surface area contributed by atoms with E-state index in [-0.39, 0.29) is 19.2 Å². The topological polar surface area (TPSA) is 55.8 Å². The average Bonchev–Trinajstić information content (AvgIpc) is 2.93. The molecule has 214 valence electrons. The molecule has 0 aromatic heterocycles. The van der Waals surface area contributed by atoms with Gasteiger partial charge in [-0.2, -0.15) is 0 Å². The van der Waals surface area contributed by atoms with Crippen molar-refractivity contribution >= 4 is 5.97 Å². The average molecular weight is 527 g/mol. The molecule has 4 nitrogen and oxygen atoms in total. The molecular formula is C34H54O4. The van der Waals surface area contributed by atoms with E-state index in [1.807, 2.05) is 0 Å². The number of unbranched alkanes of at least 4 members (excludes halogenated alkanes) is 4. The van der Waals surface area contributed by atoms with Crippen molar-refractivity contribution in [3.05, 3.63) is 85.1 Å². The number of rotatable bonds is 25. The zero-order chi connectivity index (χ0) is 27.8. The zero-order valence-electron chi connectivity index (χ0n) is 24.1. The molecule has 0 fully saturated rings. The predicted octanol–water partition coefficient (Wildman–Crippen LogP) is 8.91. The minimum Gasteiger partial charge on any atom is -0.457 e. The first-order valence-electron chi connectivity index (χ1n) is 14.7. The minimum atomic E-state index is -0.547. The van der Waals surface area contributed by atoms with Gasteiger partial charge in [0.15, 0.2) is 0 Å². The number of carbonyl (C=O) groups is 1. The highest BCUT2D eigenvalue weighted by Gasteiger charge is 2.11. The molecule has 0 aliphatic rings. The molecule has 0 bridgehead atoms. The summed E-state index contributed by atoms with van der Waals surface area (Å²) < 4.78 is 10.6. The van der Waals surface area contributed by atoms with Gasteiger partial charge in [0, 0.05) is 13.0 Å². The van der Waals surface area contributed by atoms with E-state index >= 15 is 0 Å². The van der Waals surface area contributed by atoms with Gasteiger partial charge in [-0.15, -0.1) is 0 Å². The first-order valence-corrected chi connectivity index (χ1v) is 14.7. The van der Waals surface area contributed by atoms with Crippen molar-refractivity contribution in [2.75, 3.05) is 19.8 Å². The van der Waals surface area contributed by atoms with Crippen LogP contribution in [0.2, 0.25) is 0 Å². The summed E-state index contributed by atoms with van der Waals surface area (Å²) in [7, 11) is 0. The van der Waals surface area contributed by atoms with Crippen LogP contribution in [0.3, 0.4) is 0 Å². The van der Waals surface area contributed by atoms with Gasteiger partial charge in [-0.3, -0.25) is 4.79 Å². The third-order valence-electron chi connectivity index (χ3n) is 5.54. The molecule has 0 rings (SSSR count). The highest BCUT2D eigenvalue weighted by Crippen LogP contribution is 2.05. The van der Waals surface area contributed by atoms with E-state index in [0.29, 0.717) is 13.0 Å². The molecule has 1 N–H and O–H groups in total. The van der Waals surface area contributed by atoms with Crippen LogP contribution in [0, 0.1) is 0 Å². The van der Waals surface area contributed by atoms with Crippen molar-refractivity contribution in [3.63, 3.8) is 0 Å². The lowest BCUT2D eigenvalue weighted by atomic mass is 10.1. The molecule has 0 aliphatic carbocycles. The lowest BCUT2D eigenvalue weighted by Gasteiger charge is -2.15. The van der Waals surface area contributed by atoms with Gasteiger partial charge in [0.25, 0.3) is 0 Å². The Morgan fingerprint density at radius 1 is 0.632 bits per heavy atom. The van der Waals surface area contributed by atoms with Gasteiger partial charge in [-0.25, -0.2) is 0 Å². The zero-order valence-corrected chi connectivity index (χ0v) is 24.1. The first-order chi connectivity index (χ1) is 18.7. The van der Waals surface area contributed by atoms with Crippen LogP contribution in [0.25, 0.3) is 0 Å². The fourth-order valence-corrected chi connectivity index (χ4v) is 3.34. The van der Waals surface area contributed by atoms with Crippen molar-refractivity contribution in [1.29, 1.82) is 0 Å². The molecule has 1 unspecified atom stereocenters. The molecule has 0 aromatic rings. The molecule has 0 aromatic carbocycles. The van der Waals surface area contributed by atoms with Gasteiger partial charge in [0.1, 0.15) is 6.10 Å². The standard InChI is InChI=1S/C34H54O4/c1-3-5-6-7-8-9-10-11-12-13-14-15-16-17-18-19-20-21-22-23-24-25-26-27-28-29-30-37-32-33(31-35)38-34(36)4-2/h5-6,8-9,11-12,14-15,17-18,20-21,23-24,33,35H,3-4,7,10,13,16,19,22,25-32H2,1-2H3/b6-5-,9-8-,12-11-,15-14-,18-17-,21-20-,24-23-. The Morgan fingerprint density at radius 3 is 1.53 bits per heavy atom. The molecule has 0 radical (unpaired) electrons. The summed E-state index contributed by atoms with van der Waals surface area (Å²) in [5.41, 5.74) is 0. The Hall–Kier alpha value is -2.43. The van der Waals surface area contributed by atoms with Gasteiger partial charge in [-0.1, -0.05) is 112 Å². The van der Waals surface area contributed by atoms with Crippen LogP contribution in [0.1, 0.15) is 97.3 Å².